The van der Waals surface area contributed by atoms with Crippen molar-refractivity contribution in [3.8, 4) is 0 Å². The number of hydrogen-bond donors (Lipinski definition) is 0. The zero-order valence-electron chi connectivity index (χ0n) is 10.9. The van der Waals surface area contributed by atoms with Crippen molar-refractivity contribution in [3.63, 3.8) is 0 Å². The third-order valence-corrected chi connectivity index (χ3v) is 3.47. The summed E-state index contributed by atoms with van der Waals surface area (Å²) in [5, 5.41) is 2.70. The van der Waals surface area contributed by atoms with E-state index in [9.17, 15) is 0 Å². The minimum Gasteiger partial charge on any atom is -0.341 e. The van der Waals surface area contributed by atoms with Gasteiger partial charge in [0, 0.05) is 28.4 Å². The number of benzene rings is 2. The van der Waals surface area contributed by atoms with E-state index in [1.165, 1.54) is 27.4 Å². The maximum atomic E-state index is 2.38. The summed E-state index contributed by atoms with van der Waals surface area (Å²) in [5.74, 6) is 0. The lowest BCUT2D eigenvalue weighted by Crippen LogP contribution is -1.92. The Morgan fingerprint density at radius 3 is 2.56 bits per heavy atom. The highest BCUT2D eigenvalue weighted by atomic mass is 15.0. The van der Waals surface area contributed by atoms with Gasteiger partial charge < -0.3 is 4.57 Å². The monoisotopic (exact) mass is 235 g/mol. The van der Waals surface area contributed by atoms with Crippen LogP contribution in [-0.2, 0) is 6.54 Å². The van der Waals surface area contributed by atoms with Crippen molar-refractivity contribution >= 4 is 27.9 Å². The Kier molecular flexibility index (Phi) is 2.67. The fourth-order valence-corrected chi connectivity index (χ4v) is 2.71. The normalized spacial score (nSPS) is 11.9. The number of rotatable bonds is 2. The molecule has 1 aromatic heterocycles. The Morgan fingerprint density at radius 2 is 1.78 bits per heavy atom. The van der Waals surface area contributed by atoms with Gasteiger partial charge in [0.05, 0.1) is 0 Å². The maximum absolute atomic E-state index is 2.38. The second kappa shape index (κ2) is 4.34. The van der Waals surface area contributed by atoms with Gasteiger partial charge in [0.2, 0.25) is 0 Å². The van der Waals surface area contributed by atoms with Gasteiger partial charge in [0.15, 0.2) is 0 Å². The standard InChI is InChI=1S/C17H17N/c1-3-7-13-10-11-17-15(12-13)14-8-5-6-9-16(14)18(17)4-2/h3,5-12H,4H2,1-2H3. The second-order valence-corrected chi connectivity index (χ2v) is 4.54. The molecular formula is C17H17N. The molecule has 3 aromatic rings. The molecule has 0 spiro atoms. The molecule has 3 rings (SSSR count). The van der Waals surface area contributed by atoms with Crippen LogP contribution in [0.5, 0.6) is 0 Å². The van der Waals surface area contributed by atoms with Crippen molar-refractivity contribution in [2.24, 2.45) is 0 Å². The van der Waals surface area contributed by atoms with Crippen LogP contribution in [0.4, 0.5) is 0 Å². The Hall–Kier alpha value is -2.02. The summed E-state index contributed by atoms with van der Waals surface area (Å²) in [6, 6.07) is 15.3. The van der Waals surface area contributed by atoms with Crippen LogP contribution >= 0.6 is 0 Å². The topological polar surface area (TPSA) is 4.93 Å². The molecular weight excluding hydrogens is 218 g/mol. The van der Waals surface area contributed by atoms with Crippen LogP contribution in [0.25, 0.3) is 27.9 Å². The average Bonchev–Trinajstić information content (AvgIpc) is 2.72. The predicted octanol–water partition coefficient (Wildman–Crippen LogP) is 4.85. The molecule has 2 aromatic carbocycles. The molecule has 1 heterocycles. The van der Waals surface area contributed by atoms with Crippen LogP contribution in [-0.4, -0.2) is 4.57 Å². The molecule has 1 heteroatoms. The molecule has 0 saturated carbocycles. The largest absolute Gasteiger partial charge is 0.341 e. The quantitative estimate of drug-likeness (QED) is 0.598. The molecule has 18 heavy (non-hydrogen) atoms. The van der Waals surface area contributed by atoms with E-state index in [1.807, 2.05) is 0 Å². The molecule has 0 fully saturated rings. The smallest absolute Gasteiger partial charge is 0.0491 e. The molecule has 0 aliphatic rings. The van der Waals surface area contributed by atoms with E-state index >= 15 is 0 Å². The molecule has 0 atom stereocenters. The predicted molar refractivity (Wildman–Crippen MR) is 79.8 cm³/mol. The molecule has 0 saturated heterocycles. The summed E-state index contributed by atoms with van der Waals surface area (Å²) in [5.41, 5.74) is 3.92. The summed E-state index contributed by atoms with van der Waals surface area (Å²) in [4.78, 5) is 0. The number of aryl methyl sites for hydroxylation is 1. The van der Waals surface area contributed by atoms with Crippen LogP contribution in [0.2, 0.25) is 0 Å². The Labute approximate surface area is 107 Å². The van der Waals surface area contributed by atoms with E-state index < -0.39 is 0 Å². The van der Waals surface area contributed by atoms with Gasteiger partial charge in [-0.25, -0.2) is 0 Å². The third-order valence-electron chi connectivity index (χ3n) is 3.47. The van der Waals surface area contributed by atoms with Gasteiger partial charge in [-0.15, -0.1) is 0 Å². The SMILES string of the molecule is CC=Cc1ccc2c(c1)c1ccccc1n2CC. The average molecular weight is 235 g/mol. The van der Waals surface area contributed by atoms with Gasteiger partial charge in [-0.1, -0.05) is 36.4 Å². The molecule has 0 radical (unpaired) electrons. The molecule has 90 valence electrons. The molecule has 1 nitrogen and oxygen atoms in total. The first-order chi connectivity index (χ1) is 8.85. The summed E-state index contributed by atoms with van der Waals surface area (Å²) in [6.45, 7) is 5.26. The molecule has 0 unspecified atom stereocenters. The van der Waals surface area contributed by atoms with Crippen molar-refractivity contribution in [1.29, 1.82) is 0 Å². The van der Waals surface area contributed by atoms with Gasteiger partial charge >= 0.3 is 0 Å². The number of para-hydroxylation sites is 1. The first-order valence-corrected chi connectivity index (χ1v) is 6.49. The van der Waals surface area contributed by atoms with E-state index in [1.54, 1.807) is 0 Å². The van der Waals surface area contributed by atoms with Crippen LogP contribution in [0, 0.1) is 0 Å². The highest BCUT2D eigenvalue weighted by molar-refractivity contribution is 6.08. The first kappa shape index (κ1) is 11.1. The number of fused-ring (bicyclic) bond motifs is 3. The van der Waals surface area contributed by atoms with Gasteiger partial charge in [0.25, 0.3) is 0 Å². The lowest BCUT2D eigenvalue weighted by atomic mass is 10.1. The summed E-state index contributed by atoms with van der Waals surface area (Å²) < 4.78 is 2.38. The van der Waals surface area contributed by atoms with E-state index in [2.05, 4.69) is 73.0 Å². The van der Waals surface area contributed by atoms with Crippen molar-refractivity contribution in [2.75, 3.05) is 0 Å². The molecule has 0 N–H and O–H groups in total. The number of aromatic nitrogens is 1. The van der Waals surface area contributed by atoms with Crippen LogP contribution in [0.15, 0.2) is 48.5 Å². The molecule has 0 amide bonds. The van der Waals surface area contributed by atoms with Crippen LogP contribution in [0.3, 0.4) is 0 Å². The number of nitrogens with zero attached hydrogens (tertiary/aromatic N) is 1. The van der Waals surface area contributed by atoms with Crippen molar-refractivity contribution in [1.82, 2.24) is 4.57 Å². The molecule has 0 aliphatic carbocycles. The van der Waals surface area contributed by atoms with Gasteiger partial charge in [0.1, 0.15) is 0 Å². The fourth-order valence-electron chi connectivity index (χ4n) is 2.71. The highest BCUT2D eigenvalue weighted by Crippen LogP contribution is 2.29. The summed E-state index contributed by atoms with van der Waals surface area (Å²) in [7, 11) is 0. The Morgan fingerprint density at radius 1 is 1.00 bits per heavy atom. The van der Waals surface area contributed by atoms with E-state index in [-0.39, 0.29) is 0 Å². The Balaban J connectivity index is 2.44. The van der Waals surface area contributed by atoms with E-state index in [0.717, 1.165) is 6.54 Å². The fraction of sp³-hybridized carbons (Fsp3) is 0.176. The summed E-state index contributed by atoms with van der Waals surface area (Å²) in [6.07, 6.45) is 4.23. The van der Waals surface area contributed by atoms with Gasteiger partial charge in [-0.05, 0) is 37.6 Å². The molecule has 0 aliphatic heterocycles. The summed E-state index contributed by atoms with van der Waals surface area (Å²) >= 11 is 0. The molecule has 0 bridgehead atoms. The Bertz CT molecular complexity index is 732. The van der Waals surface area contributed by atoms with Crippen molar-refractivity contribution < 1.29 is 0 Å². The highest BCUT2D eigenvalue weighted by Gasteiger charge is 2.08. The lowest BCUT2D eigenvalue weighted by molar-refractivity contribution is 0.827. The first-order valence-electron chi connectivity index (χ1n) is 6.49. The zero-order chi connectivity index (χ0) is 12.5. The van der Waals surface area contributed by atoms with Gasteiger partial charge in [-0.3, -0.25) is 0 Å². The third kappa shape index (κ3) is 1.55. The number of allylic oxidation sites excluding steroid dienone is 1. The maximum Gasteiger partial charge on any atom is 0.0491 e. The van der Waals surface area contributed by atoms with Gasteiger partial charge in [-0.2, -0.15) is 0 Å². The second-order valence-electron chi connectivity index (χ2n) is 4.54. The zero-order valence-corrected chi connectivity index (χ0v) is 10.9. The van der Waals surface area contributed by atoms with Crippen molar-refractivity contribution in [3.05, 3.63) is 54.1 Å². The minimum atomic E-state index is 1.01. The van der Waals surface area contributed by atoms with Crippen LogP contribution in [0.1, 0.15) is 19.4 Å². The number of hydrogen-bond acceptors (Lipinski definition) is 0. The lowest BCUT2D eigenvalue weighted by Gasteiger charge is -2.02. The minimum absolute atomic E-state index is 1.01. The van der Waals surface area contributed by atoms with Crippen LogP contribution < -0.4 is 0 Å². The van der Waals surface area contributed by atoms with Crippen molar-refractivity contribution in [2.45, 2.75) is 20.4 Å². The van der Waals surface area contributed by atoms with E-state index in [4.69, 9.17) is 0 Å². The van der Waals surface area contributed by atoms with E-state index in [0.29, 0.717) is 0 Å².